The Labute approximate surface area is 111 Å². The summed E-state index contributed by atoms with van der Waals surface area (Å²) in [7, 11) is 2.24. The van der Waals surface area contributed by atoms with Gasteiger partial charge in [-0.15, -0.1) is 0 Å². The predicted molar refractivity (Wildman–Crippen MR) is 74.9 cm³/mol. The van der Waals surface area contributed by atoms with E-state index < -0.39 is 0 Å². The van der Waals surface area contributed by atoms with Crippen LogP contribution in [-0.4, -0.2) is 31.1 Å². The summed E-state index contributed by atoms with van der Waals surface area (Å²) in [5, 5.41) is 3.65. The molecule has 0 amide bonds. The first-order valence-electron chi connectivity index (χ1n) is 7.08. The molecule has 0 spiro atoms. The zero-order valence-electron chi connectivity index (χ0n) is 12.1. The van der Waals surface area contributed by atoms with Gasteiger partial charge in [0.25, 0.3) is 0 Å². The molecule has 0 radical (unpaired) electrons. The molecule has 18 heavy (non-hydrogen) atoms. The van der Waals surface area contributed by atoms with Gasteiger partial charge >= 0.3 is 0 Å². The van der Waals surface area contributed by atoms with Crippen molar-refractivity contribution in [3.8, 4) is 0 Å². The molecule has 2 rings (SSSR count). The van der Waals surface area contributed by atoms with E-state index in [1.807, 2.05) is 13.8 Å². The number of nitrogens with zero attached hydrogens (tertiary/aromatic N) is 1. The minimum absolute atomic E-state index is 0.373. The van der Waals surface area contributed by atoms with Crippen molar-refractivity contribution in [2.24, 2.45) is 0 Å². The van der Waals surface area contributed by atoms with Crippen LogP contribution in [0.4, 0.5) is 0 Å². The number of rotatable bonds is 4. The lowest BCUT2D eigenvalue weighted by Crippen LogP contribution is -2.43. The SMILES string of the molecule is Cc1cc(C(C)NCC2CCCCN2C)c(C)o1. The molecule has 1 fully saturated rings. The fourth-order valence-corrected chi connectivity index (χ4v) is 2.91. The summed E-state index contributed by atoms with van der Waals surface area (Å²) in [5.74, 6) is 2.05. The lowest BCUT2D eigenvalue weighted by Gasteiger charge is -2.33. The van der Waals surface area contributed by atoms with Gasteiger partial charge in [-0.25, -0.2) is 0 Å². The van der Waals surface area contributed by atoms with E-state index in [0.29, 0.717) is 12.1 Å². The minimum Gasteiger partial charge on any atom is -0.466 e. The first-order valence-corrected chi connectivity index (χ1v) is 7.08. The largest absolute Gasteiger partial charge is 0.466 e. The highest BCUT2D eigenvalue weighted by Crippen LogP contribution is 2.22. The molecule has 0 bridgehead atoms. The Bertz CT molecular complexity index is 386. The number of likely N-dealkylation sites (N-methyl/N-ethyl adjacent to an activating group) is 1. The van der Waals surface area contributed by atoms with Gasteiger partial charge in [0.2, 0.25) is 0 Å². The molecule has 1 aliphatic heterocycles. The van der Waals surface area contributed by atoms with Crippen LogP contribution in [0.15, 0.2) is 10.5 Å². The number of likely N-dealkylation sites (tertiary alicyclic amines) is 1. The Morgan fingerprint density at radius 2 is 2.22 bits per heavy atom. The first-order chi connectivity index (χ1) is 8.58. The summed E-state index contributed by atoms with van der Waals surface area (Å²) in [6.07, 6.45) is 4.04. The van der Waals surface area contributed by atoms with Crippen molar-refractivity contribution in [1.29, 1.82) is 0 Å². The normalized spacial score (nSPS) is 23.2. The summed E-state index contributed by atoms with van der Waals surface area (Å²) in [4.78, 5) is 2.48. The van der Waals surface area contributed by atoms with E-state index in [1.165, 1.54) is 31.4 Å². The lowest BCUT2D eigenvalue weighted by molar-refractivity contribution is 0.178. The van der Waals surface area contributed by atoms with Gasteiger partial charge in [0.05, 0.1) is 0 Å². The summed E-state index contributed by atoms with van der Waals surface area (Å²) in [6.45, 7) is 8.59. The van der Waals surface area contributed by atoms with E-state index in [-0.39, 0.29) is 0 Å². The van der Waals surface area contributed by atoms with Crippen LogP contribution in [-0.2, 0) is 0 Å². The molecule has 0 aromatic carbocycles. The summed E-state index contributed by atoms with van der Waals surface area (Å²) >= 11 is 0. The molecule has 1 aromatic rings. The molecule has 0 aliphatic carbocycles. The Hall–Kier alpha value is -0.800. The van der Waals surface area contributed by atoms with Gasteiger partial charge in [-0.05, 0) is 53.3 Å². The van der Waals surface area contributed by atoms with Crippen molar-refractivity contribution >= 4 is 0 Å². The maximum absolute atomic E-state index is 5.60. The zero-order chi connectivity index (χ0) is 13.1. The smallest absolute Gasteiger partial charge is 0.105 e. The number of hydrogen-bond acceptors (Lipinski definition) is 3. The number of aryl methyl sites for hydroxylation is 2. The molecular weight excluding hydrogens is 224 g/mol. The number of piperidine rings is 1. The van der Waals surface area contributed by atoms with Crippen LogP contribution in [0.1, 0.15) is 49.3 Å². The summed E-state index contributed by atoms with van der Waals surface area (Å²) in [5.41, 5.74) is 1.30. The molecule has 3 heteroatoms. The van der Waals surface area contributed by atoms with Crippen molar-refractivity contribution in [2.45, 2.75) is 52.1 Å². The third-order valence-corrected chi connectivity index (χ3v) is 4.13. The molecule has 1 aromatic heterocycles. The van der Waals surface area contributed by atoms with E-state index in [0.717, 1.165) is 18.1 Å². The molecule has 0 saturated carbocycles. The first kappa shape index (κ1) is 13.6. The standard InChI is InChI=1S/C15H26N2O/c1-11-9-15(13(3)18-11)12(2)16-10-14-7-5-6-8-17(14)4/h9,12,14,16H,5-8,10H2,1-4H3. The molecule has 2 atom stereocenters. The number of hydrogen-bond donors (Lipinski definition) is 1. The van der Waals surface area contributed by atoms with Crippen LogP contribution in [0.25, 0.3) is 0 Å². The van der Waals surface area contributed by atoms with E-state index in [2.05, 4.69) is 30.3 Å². The third-order valence-electron chi connectivity index (χ3n) is 4.13. The molecular formula is C15H26N2O. The van der Waals surface area contributed by atoms with Gasteiger partial charge in [0, 0.05) is 24.2 Å². The van der Waals surface area contributed by atoms with E-state index in [1.54, 1.807) is 0 Å². The molecule has 2 heterocycles. The van der Waals surface area contributed by atoms with Gasteiger partial charge in [-0.3, -0.25) is 0 Å². The molecule has 3 nitrogen and oxygen atoms in total. The Morgan fingerprint density at radius 1 is 1.44 bits per heavy atom. The van der Waals surface area contributed by atoms with Crippen LogP contribution < -0.4 is 5.32 Å². The second-order valence-electron chi connectivity index (χ2n) is 5.63. The second-order valence-corrected chi connectivity index (χ2v) is 5.63. The van der Waals surface area contributed by atoms with Crippen molar-refractivity contribution in [1.82, 2.24) is 10.2 Å². The van der Waals surface area contributed by atoms with Gasteiger partial charge in [-0.2, -0.15) is 0 Å². The summed E-state index contributed by atoms with van der Waals surface area (Å²) < 4.78 is 5.60. The molecule has 1 N–H and O–H groups in total. The zero-order valence-corrected chi connectivity index (χ0v) is 12.1. The van der Waals surface area contributed by atoms with Gasteiger partial charge in [0.15, 0.2) is 0 Å². The van der Waals surface area contributed by atoms with Crippen LogP contribution in [0.5, 0.6) is 0 Å². The fourth-order valence-electron chi connectivity index (χ4n) is 2.91. The van der Waals surface area contributed by atoms with Crippen molar-refractivity contribution in [2.75, 3.05) is 20.1 Å². The maximum Gasteiger partial charge on any atom is 0.105 e. The average Bonchev–Trinajstić information content (AvgIpc) is 2.67. The predicted octanol–water partition coefficient (Wildman–Crippen LogP) is 3.03. The minimum atomic E-state index is 0.373. The maximum atomic E-state index is 5.60. The van der Waals surface area contributed by atoms with E-state index in [4.69, 9.17) is 4.42 Å². The van der Waals surface area contributed by atoms with E-state index >= 15 is 0 Å². The van der Waals surface area contributed by atoms with Crippen LogP contribution in [0, 0.1) is 13.8 Å². The van der Waals surface area contributed by atoms with Gasteiger partial charge in [0.1, 0.15) is 11.5 Å². The Kier molecular flexibility index (Phi) is 4.46. The highest BCUT2D eigenvalue weighted by molar-refractivity contribution is 5.23. The lowest BCUT2D eigenvalue weighted by atomic mass is 10.0. The fraction of sp³-hybridized carbons (Fsp3) is 0.733. The molecule has 1 saturated heterocycles. The Balaban J connectivity index is 1.87. The molecule has 102 valence electrons. The monoisotopic (exact) mass is 250 g/mol. The van der Waals surface area contributed by atoms with Crippen LogP contribution in [0.2, 0.25) is 0 Å². The van der Waals surface area contributed by atoms with Crippen LogP contribution >= 0.6 is 0 Å². The van der Waals surface area contributed by atoms with Crippen LogP contribution in [0.3, 0.4) is 0 Å². The average molecular weight is 250 g/mol. The summed E-state index contributed by atoms with van der Waals surface area (Å²) in [6, 6.07) is 3.21. The Morgan fingerprint density at radius 3 is 2.83 bits per heavy atom. The van der Waals surface area contributed by atoms with Gasteiger partial charge in [-0.1, -0.05) is 6.42 Å². The quantitative estimate of drug-likeness (QED) is 0.890. The second kappa shape index (κ2) is 5.89. The van der Waals surface area contributed by atoms with E-state index in [9.17, 15) is 0 Å². The number of furan rings is 1. The molecule has 1 aliphatic rings. The topological polar surface area (TPSA) is 28.4 Å². The molecule has 2 unspecified atom stereocenters. The number of nitrogens with one attached hydrogen (secondary N) is 1. The third kappa shape index (κ3) is 3.15. The highest BCUT2D eigenvalue weighted by Gasteiger charge is 2.20. The van der Waals surface area contributed by atoms with Crippen molar-refractivity contribution in [3.05, 3.63) is 23.2 Å². The highest BCUT2D eigenvalue weighted by atomic mass is 16.3. The van der Waals surface area contributed by atoms with Crippen molar-refractivity contribution in [3.63, 3.8) is 0 Å². The van der Waals surface area contributed by atoms with Crippen molar-refractivity contribution < 1.29 is 4.42 Å². The van der Waals surface area contributed by atoms with Gasteiger partial charge < -0.3 is 14.6 Å².